The molecule has 0 radical (unpaired) electrons. The molecule has 0 heterocycles. The summed E-state index contributed by atoms with van der Waals surface area (Å²) in [5.41, 5.74) is 0. The first-order valence-electron chi connectivity index (χ1n) is 2.39. The first-order chi connectivity index (χ1) is 4.57. The standard InChI is InChI=1S/C5H7NO4/c1-3-4(7)6(2)10-5(8)9/h3H,1H2,2H3,(H,8,9). The van der Waals surface area contributed by atoms with Crippen molar-refractivity contribution in [3.63, 3.8) is 0 Å². The van der Waals surface area contributed by atoms with E-state index in [1.165, 1.54) is 7.05 Å². The van der Waals surface area contributed by atoms with Gasteiger partial charge in [0, 0.05) is 7.05 Å². The zero-order chi connectivity index (χ0) is 8.15. The molecule has 5 heteroatoms. The van der Waals surface area contributed by atoms with Crippen LogP contribution in [0.15, 0.2) is 12.7 Å². The molecule has 1 amide bonds. The molecular weight excluding hydrogens is 138 g/mol. The van der Waals surface area contributed by atoms with Crippen molar-refractivity contribution in [3.8, 4) is 0 Å². The molecule has 56 valence electrons. The number of likely N-dealkylation sites (N-methyl/N-ethyl adjacent to an activating group) is 1. The van der Waals surface area contributed by atoms with Crippen LogP contribution < -0.4 is 0 Å². The maximum Gasteiger partial charge on any atom is 0.530 e. The maximum absolute atomic E-state index is 10.5. The lowest BCUT2D eigenvalue weighted by Crippen LogP contribution is -2.27. The molecule has 0 saturated heterocycles. The van der Waals surface area contributed by atoms with Gasteiger partial charge >= 0.3 is 6.16 Å². The van der Waals surface area contributed by atoms with Crippen LogP contribution in [0.25, 0.3) is 0 Å². The highest BCUT2D eigenvalue weighted by molar-refractivity contribution is 5.86. The van der Waals surface area contributed by atoms with Crippen molar-refractivity contribution in [2.24, 2.45) is 0 Å². The van der Waals surface area contributed by atoms with E-state index in [9.17, 15) is 9.59 Å². The van der Waals surface area contributed by atoms with Gasteiger partial charge in [0.25, 0.3) is 5.91 Å². The molecule has 0 aromatic carbocycles. The van der Waals surface area contributed by atoms with E-state index >= 15 is 0 Å². The second kappa shape index (κ2) is 3.49. The van der Waals surface area contributed by atoms with Gasteiger partial charge in [-0.25, -0.2) is 4.79 Å². The Hall–Kier alpha value is -1.52. The van der Waals surface area contributed by atoms with Gasteiger partial charge < -0.3 is 9.94 Å². The molecule has 0 aromatic heterocycles. The minimum absolute atomic E-state index is 0.565. The third-order valence-electron chi connectivity index (χ3n) is 0.700. The van der Waals surface area contributed by atoms with Crippen LogP contribution in [0.5, 0.6) is 0 Å². The second-order valence-corrected chi connectivity index (χ2v) is 1.40. The highest BCUT2D eigenvalue weighted by Crippen LogP contribution is 1.87. The van der Waals surface area contributed by atoms with Crippen LogP contribution in [-0.4, -0.2) is 29.3 Å². The van der Waals surface area contributed by atoms with Crippen molar-refractivity contribution in [1.82, 2.24) is 5.06 Å². The molecule has 0 rings (SSSR count). The number of hydroxylamine groups is 2. The average Bonchev–Trinajstić information content (AvgIpc) is 1.85. The van der Waals surface area contributed by atoms with Crippen molar-refractivity contribution in [1.29, 1.82) is 0 Å². The molecule has 0 aliphatic heterocycles. The lowest BCUT2D eigenvalue weighted by molar-refractivity contribution is -0.158. The maximum atomic E-state index is 10.5. The Labute approximate surface area is 57.5 Å². The highest BCUT2D eigenvalue weighted by Gasteiger charge is 2.07. The summed E-state index contributed by atoms with van der Waals surface area (Å²) < 4.78 is 0. The lowest BCUT2D eigenvalue weighted by Gasteiger charge is -2.09. The smallest absolute Gasteiger partial charge is 0.448 e. The quantitative estimate of drug-likeness (QED) is 0.424. The monoisotopic (exact) mass is 145 g/mol. The lowest BCUT2D eigenvalue weighted by atomic mass is 10.6. The normalized spacial score (nSPS) is 8.10. The Kier molecular flexibility index (Phi) is 2.96. The van der Waals surface area contributed by atoms with Gasteiger partial charge in [0.1, 0.15) is 0 Å². The number of nitrogens with zero attached hydrogens (tertiary/aromatic N) is 1. The first-order valence-corrected chi connectivity index (χ1v) is 2.39. The van der Waals surface area contributed by atoms with Crippen LogP contribution in [0.3, 0.4) is 0 Å². The molecular formula is C5H7NO4. The van der Waals surface area contributed by atoms with E-state index in [1.54, 1.807) is 0 Å². The number of hydrogen-bond donors (Lipinski definition) is 1. The van der Waals surface area contributed by atoms with Crippen molar-refractivity contribution >= 4 is 12.1 Å². The van der Waals surface area contributed by atoms with Crippen LogP contribution in [0.4, 0.5) is 4.79 Å². The van der Waals surface area contributed by atoms with E-state index in [4.69, 9.17) is 5.11 Å². The molecule has 0 fully saturated rings. The number of carbonyl (C=O) groups is 2. The van der Waals surface area contributed by atoms with E-state index in [0.29, 0.717) is 5.06 Å². The summed E-state index contributed by atoms with van der Waals surface area (Å²) in [4.78, 5) is 24.2. The Balaban J connectivity index is 3.84. The summed E-state index contributed by atoms with van der Waals surface area (Å²) in [6, 6.07) is 0. The number of amides is 1. The molecule has 0 aliphatic rings. The summed E-state index contributed by atoms with van der Waals surface area (Å²) >= 11 is 0. The van der Waals surface area contributed by atoms with Crippen molar-refractivity contribution in [2.45, 2.75) is 0 Å². The van der Waals surface area contributed by atoms with Gasteiger partial charge in [-0.1, -0.05) is 6.58 Å². The van der Waals surface area contributed by atoms with Crippen LogP contribution in [-0.2, 0) is 9.63 Å². The fourth-order valence-electron chi connectivity index (χ4n) is 0.291. The Bertz CT molecular complexity index is 165. The number of carboxylic acid groups (broad SMARTS) is 1. The summed E-state index contributed by atoms with van der Waals surface area (Å²) in [5.74, 6) is -0.609. The van der Waals surface area contributed by atoms with Crippen LogP contribution in [0.2, 0.25) is 0 Å². The molecule has 10 heavy (non-hydrogen) atoms. The summed E-state index contributed by atoms with van der Waals surface area (Å²) in [6.07, 6.45) is -0.583. The SMILES string of the molecule is C=CC(=O)N(C)OC(=O)O. The van der Waals surface area contributed by atoms with E-state index in [0.717, 1.165) is 6.08 Å². The summed E-state index contributed by atoms with van der Waals surface area (Å²) in [5, 5.41) is 8.54. The van der Waals surface area contributed by atoms with Crippen LogP contribution in [0.1, 0.15) is 0 Å². The topological polar surface area (TPSA) is 66.8 Å². The van der Waals surface area contributed by atoms with Gasteiger partial charge in [-0.2, -0.15) is 5.06 Å². The minimum atomic E-state index is -1.53. The van der Waals surface area contributed by atoms with E-state index in [2.05, 4.69) is 11.4 Å². The molecule has 0 atom stereocenters. The van der Waals surface area contributed by atoms with Crippen LogP contribution >= 0.6 is 0 Å². The molecule has 0 aliphatic carbocycles. The zero-order valence-electron chi connectivity index (χ0n) is 5.40. The fraction of sp³-hybridized carbons (Fsp3) is 0.200. The molecule has 0 aromatic rings. The second-order valence-electron chi connectivity index (χ2n) is 1.40. The molecule has 0 spiro atoms. The number of carbonyl (C=O) groups excluding carboxylic acids is 1. The Morgan fingerprint density at radius 1 is 1.70 bits per heavy atom. The van der Waals surface area contributed by atoms with Crippen molar-refractivity contribution in [3.05, 3.63) is 12.7 Å². The number of hydrogen-bond acceptors (Lipinski definition) is 3. The van der Waals surface area contributed by atoms with Gasteiger partial charge in [0.2, 0.25) is 0 Å². The minimum Gasteiger partial charge on any atom is -0.448 e. The van der Waals surface area contributed by atoms with E-state index < -0.39 is 12.1 Å². The summed E-state index contributed by atoms with van der Waals surface area (Å²) in [6.45, 7) is 3.12. The average molecular weight is 145 g/mol. The van der Waals surface area contributed by atoms with Crippen molar-refractivity contribution < 1.29 is 19.5 Å². The first kappa shape index (κ1) is 8.48. The summed E-state index contributed by atoms with van der Waals surface area (Å²) in [7, 11) is 1.18. The third-order valence-corrected chi connectivity index (χ3v) is 0.700. The van der Waals surface area contributed by atoms with Gasteiger partial charge in [0.05, 0.1) is 0 Å². The van der Waals surface area contributed by atoms with Gasteiger partial charge in [0.15, 0.2) is 0 Å². The predicted octanol–water partition coefficient (Wildman–Crippen LogP) is 0.240. The van der Waals surface area contributed by atoms with Gasteiger partial charge in [-0.05, 0) is 6.08 Å². The molecule has 0 saturated carbocycles. The number of rotatable bonds is 1. The molecule has 5 nitrogen and oxygen atoms in total. The van der Waals surface area contributed by atoms with E-state index in [1.807, 2.05) is 0 Å². The zero-order valence-corrected chi connectivity index (χ0v) is 5.40. The molecule has 0 unspecified atom stereocenters. The van der Waals surface area contributed by atoms with Gasteiger partial charge in [-0.3, -0.25) is 4.79 Å². The highest BCUT2D eigenvalue weighted by atomic mass is 16.8. The predicted molar refractivity (Wildman–Crippen MR) is 32.1 cm³/mol. The largest absolute Gasteiger partial charge is 0.530 e. The van der Waals surface area contributed by atoms with Gasteiger partial charge in [-0.15, -0.1) is 0 Å². The van der Waals surface area contributed by atoms with Crippen LogP contribution in [0, 0.1) is 0 Å². The third kappa shape index (κ3) is 2.71. The fourth-order valence-corrected chi connectivity index (χ4v) is 0.291. The Morgan fingerprint density at radius 2 is 2.20 bits per heavy atom. The Morgan fingerprint density at radius 3 is 2.50 bits per heavy atom. The molecule has 0 bridgehead atoms. The van der Waals surface area contributed by atoms with E-state index in [-0.39, 0.29) is 0 Å². The van der Waals surface area contributed by atoms with Crippen molar-refractivity contribution in [2.75, 3.05) is 7.05 Å². The molecule has 1 N–H and O–H groups in total.